The van der Waals surface area contributed by atoms with Crippen LogP contribution in [0.1, 0.15) is 33.1 Å². The number of nitrogens with one attached hydrogen (secondary N) is 1. The van der Waals surface area contributed by atoms with Gasteiger partial charge in [-0.2, -0.15) is 0 Å². The summed E-state index contributed by atoms with van der Waals surface area (Å²) in [5.41, 5.74) is 5.65. The summed E-state index contributed by atoms with van der Waals surface area (Å²) in [5.74, 6) is 2.04. The Morgan fingerprint density at radius 2 is 2.00 bits per heavy atom. The van der Waals surface area contributed by atoms with Crippen LogP contribution in [0.15, 0.2) is 0 Å². The minimum Gasteiger partial charge on any atom is -0.355 e. The highest BCUT2D eigenvalue weighted by molar-refractivity contribution is 5.82. The molecule has 2 atom stereocenters. The summed E-state index contributed by atoms with van der Waals surface area (Å²) in [6.45, 7) is 5.49. The van der Waals surface area contributed by atoms with Crippen LogP contribution in [0.25, 0.3) is 0 Å². The molecule has 2 fully saturated rings. The van der Waals surface area contributed by atoms with Crippen LogP contribution in [0, 0.1) is 23.2 Å². The number of nitrogens with two attached hydrogens (primary N) is 1. The van der Waals surface area contributed by atoms with Crippen LogP contribution in [0.5, 0.6) is 0 Å². The summed E-state index contributed by atoms with van der Waals surface area (Å²) >= 11 is 0. The van der Waals surface area contributed by atoms with Gasteiger partial charge >= 0.3 is 0 Å². The second-order valence-corrected chi connectivity index (χ2v) is 5.87. The van der Waals surface area contributed by atoms with Gasteiger partial charge in [-0.3, -0.25) is 4.79 Å². The summed E-state index contributed by atoms with van der Waals surface area (Å²) in [4.78, 5) is 11.8. The molecular weight excluding hydrogens is 188 g/mol. The predicted octanol–water partition coefficient (Wildman–Crippen LogP) is 1.13. The van der Waals surface area contributed by atoms with E-state index in [2.05, 4.69) is 19.2 Å². The predicted molar refractivity (Wildman–Crippen MR) is 60.2 cm³/mol. The average Bonchev–Trinajstić information content (AvgIpc) is 2.69. The van der Waals surface area contributed by atoms with Gasteiger partial charge in [0.1, 0.15) is 0 Å². The van der Waals surface area contributed by atoms with Crippen molar-refractivity contribution >= 4 is 5.91 Å². The summed E-state index contributed by atoms with van der Waals surface area (Å²) in [6.07, 6.45) is 3.86. The average molecular weight is 210 g/mol. The molecule has 0 radical (unpaired) electrons. The maximum absolute atomic E-state index is 11.8. The van der Waals surface area contributed by atoms with Gasteiger partial charge in [0.2, 0.25) is 5.91 Å². The lowest BCUT2D eigenvalue weighted by Gasteiger charge is -2.22. The van der Waals surface area contributed by atoms with E-state index in [9.17, 15) is 4.79 Å². The molecule has 2 unspecified atom stereocenters. The zero-order chi connectivity index (χ0) is 11.1. The summed E-state index contributed by atoms with van der Waals surface area (Å²) in [6, 6.07) is 0. The Hall–Kier alpha value is -0.570. The monoisotopic (exact) mass is 210 g/mol. The first-order chi connectivity index (χ1) is 7.05. The SMILES string of the molecule is CC(C)(CN)CNC(=O)C1C2CCCC21. The number of hydrogen-bond donors (Lipinski definition) is 2. The molecule has 0 spiro atoms. The number of amides is 1. The normalized spacial score (nSPS) is 33.7. The third-order valence-corrected chi connectivity index (χ3v) is 4.00. The first kappa shape index (κ1) is 10.9. The van der Waals surface area contributed by atoms with Crippen molar-refractivity contribution in [3.63, 3.8) is 0 Å². The highest BCUT2D eigenvalue weighted by Crippen LogP contribution is 2.57. The Morgan fingerprint density at radius 3 is 2.53 bits per heavy atom. The third kappa shape index (κ3) is 2.17. The lowest BCUT2D eigenvalue weighted by molar-refractivity contribution is -0.123. The van der Waals surface area contributed by atoms with Gasteiger partial charge in [-0.05, 0) is 36.6 Å². The van der Waals surface area contributed by atoms with Crippen molar-refractivity contribution in [1.82, 2.24) is 5.32 Å². The third-order valence-electron chi connectivity index (χ3n) is 4.00. The molecule has 15 heavy (non-hydrogen) atoms. The lowest BCUT2D eigenvalue weighted by Crippen LogP contribution is -2.39. The Balaban J connectivity index is 1.75. The van der Waals surface area contributed by atoms with E-state index in [0.29, 0.717) is 30.8 Å². The van der Waals surface area contributed by atoms with Crippen molar-refractivity contribution < 1.29 is 4.79 Å². The van der Waals surface area contributed by atoms with Crippen molar-refractivity contribution in [2.24, 2.45) is 28.9 Å². The van der Waals surface area contributed by atoms with Crippen LogP contribution in [0.2, 0.25) is 0 Å². The van der Waals surface area contributed by atoms with E-state index in [0.717, 1.165) is 0 Å². The minimum absolute atomic E-state index is 0.0274. The van der Waals surface area contributed by atoms with Gasteiger partial charge < -0.3 is 11.1 Å². The fraction of sp³-hybridized carbons (Fsp3) is 0.917. The molecule has 3 heteroatoms. The summed E-state index contributed by atoms with van der Waals surface area (Å²) in [7, 11) is 0. The van der Waals surface area contributed by atoms with Crippen molar-refractivity contribution in [2.75, 3.05) is 13.1 Å². The van der Waals surface area contributed by atoms with E-state index in [4.69, 9.17) is 5.73 Å². The topological polar surface area (TPSA) is 55.1 Å². The van der Waals surface area contributed by atoms with Crippen molar-refractivity contribution in [3.05, 3.63) is 0 Å². The quantitative estimate of drug-likeness (QED) is 0.731. The van der Waals surface area contributed by atoms with E-state index >= 15 is 0 Å². The largest absolute Gasteiger partial charge is 0.355 e. The Kier molecular flexibility index (Phi) is 2.75. The lowest BCUT2D eigenvalue weighted by atomic mass is 9.94. The standard InChI is InChI=1S/C12H22N2O/c1-12(2,6-13)7-14-11(15)10-8-4-3-5-9(8)10/h8-10H,3-7,13H2,1-2H3,(H,14,15). The molecule has 1 amide bonds. The van der Waals surface area contributed by atoms with Gasteiger partial charge in [-0.1, -0.05) is 20.3 Å². The maximum Gasteiger partial charge on any atom is 0.223 e. The second kappa shape index (κ2) is 3.78. The zero-order valence-electron chi connectivity index (χ0n) is 9.75. The van der Waals surface area contributed by atoms with E-state index in [1.807, 2.05) is 0 Å². The van der Waals surface area contributed by atoms with Gasteiger partial charge in [0.15, 0.2) is 0 Å². The fourth-order valence-corrected chi connectivity index (χ4v) is 2.73. The molecule has 2 aliphatic carbocycles. The van der Waals surface area contributed by atoms with E-state index in [1.165, 1.54) is 19.3 Å². The van der Waals surface area contributed by atoms with Gasteiger partial charge in [-0.25, -0.2) is 0 Å². The highest BCUT2D eigenvalue weighted by Gasteiger charge is 2.56. The molecule has 0 heterocycles. The number of carbonyl (C=O) groups is 1. The van der Waals surface area contributed by atoms with Gasteiger partial charge in [0.05, 0.1) is 0 Å². The Morgan fingerprint density at radius 1 is 1.40 bits per heavy atom. The maximum atomic E-state index is 11.8. The van der Waals surface area contributed by atoms with E-state index < -0.39 is 0 Å². The van der Waals surface area contributed by atoms with Crippen molar-refractivity contribution in [2.45, 2.75) is 33.1 Å². The molecule has 2 saturated carbocycles. The molecule has 2 aliphatic rings. The van der Waals surface area contributed by atoms with Crippen LogP contribution in [0.3, 0.4) is 0 Å². The molecule has 0 aromatic rings. The smallest absolute Gasteiger partial charge is 0.223 e. The van der Waals surface area contributed by atoms with Crippen LogP contribution in [-0.4, -0.2) is 19.0 Å². The summed E-state index contributed by atoms with van der Waals surface area (Å²) < 4.78 is 0. The molecule has 2 rings (SSSR count). The van der Waals surface area contributed by atoms with E-state index in [1.54, 1.807) is 0 Å². The second-order valence-electron chi connectivity index (χ2n) is 5.87. The molecule has 0 saturated heterocycles. The first-order valence-electron chi connectivity index (χ1n) is 6.03. The van der Waals surface area contributed by atoms with Crippen LogP contribution < -0.4 is 11.1 Å². The molecule has 3 nitrogen and oxygen atoms in total. The molecule has 0 bridgehead atoms. The van der Waals surface area contributed by atoms with Gasteiger partial charge in [0.25, 0.3) is 0 Å². The van der Waals surface area contributed by atoms with Crippen LogP contribution >= 0.6 is 0 Å². The number of fused-ring (bicyclic) bond motifs is 1. The zero-order valence-corrected chi connectivity index (χ0v) is 9.75. The Labute approximate surface area is 91.8 Å². The number of rotatable bonds is 4. The van der Waals surface area contributed by atoms with Crippen LogP contribution in [0.4, 0.5) is 0 Å². The van der Waals surface area contributed by atoms with E-state index in [-0.39, 0.29) is 11.3 Å². The molecule has 86 valence electrons. The first-order valence-corrected chi connectivity index (χ1v) is 6.03. The fourth-order valence-electron chi connectivity index (χ4n) is 2.73. The minimum atomic E-state index is 0.0274. The molecular formula is C12H22N2O. The molecule has 0 aromatic carbocycles. The van der Waals surface area contributed by atoms with Crippen molar-refractivity contribution in [3.8, 4) is 0 Å². The summed E-state index contributed by atoms with van der Waals surface area (Å²) in [5, 5.41) is 3.05. The Bertz CT molecular complexity index is 252. The van der Waals surface area contributed by atoms with Gasteiger partial charge in [0, 0.05) is 12.5 Å². The number of hydrogen-bond acceptors (Lipinski definition) is 2. The van der Waals surface area contributed by atoms with Crippen molar-refractivity contribution in [1.29, 1.82) is 0 Å². The number of carbonyl (C=O) groups excluding carboxylic acids is 1. The molecule has 0 aliphatic heterocycles. The highest BCUT2D eigenvalue weighted by atomic mass is 16.2. The molecule has 3 N–H and O–H groups in total. The molecule has 0 aromatic heterocycles. The van der Waals surface area contributed by atoms with Crippen LogP contribution in [-0.2, 0) is 4.79 Å². The van der Waals surface area contributed by atoms with Gasteiger partial charge in [-0.15, -0.1) is 0 Å².